The van der Waals surface area contributed by atoms with Gasteiger partial charge in [0.25, 0.3) is 0 Å². The summed E-state index contributed by atoms with van der Waals surface area (Å²) in [5.41, 5.74) is 0. The fraction of sp³-hybridized carbons (Fsp3) is 0.833. The molecule has 0 saturated heterocycles. The van der Waals surface area contributed by atoms with Crippen LogP contribution in [0.1, 0.15) is 39.5 Å². The molecule has 90 valence electrons. The molecule has 0 aliphatic rings. The van der Waals surface area contributed by atoms with Crippen LogP contribution in [0.3, 0.4) is 0 Å². The Balaban J connectivity index is 3.71. The number of hydrogen-bond acceptors (Lipinski definition) is 2. The Bertz CT molecular complexity index is 141. The van der Waals surface area contributed by atoms with Gasteiger partial charge in [-0.15, -0.1) is 0 Å². The monoisotopic (exact) mass is 278 g/mol. The quantitative estimate of drug-likeness (QED) is 0.261. The number of ether oxygens (including phenoxy) is 2. The number of alkyl halides is 1. The first-order valence-electron chi connectivity index (χ1n) is 5.81. The fourth-order valence-corrected chi connectivity index (χ4v) is 1.35. The van der Waals surface area contributed by atoms with E-state index in [4.69, 9.17) is 9.47 Å². The summed E-state index contributed by atoms with van der Waals surface area (Å²) < 4.78 is 11.1. The fourth-order valence-electron chi connectivity index (χ4n) is 1.03. The first kappa shape index (κ1) is 15.1. The van der Waals surface area contributed by atoms with Gasteiger partial charge in [-0.1, -0.05) is 35.9 Å². The third-order valence-electron chi connectivity index (χ3n) is 1.77. The molecule has 0 N–H and O–H groups in total. The zero-order valence-corrected chi connectivity index (χ0v) is 11.5. The summed E-state index contributed by atoms with van der Waals surface area (Å²) in [5, 5.41) is 1.05. The molecule has 0 aliphatic heterocycles. The molecule has 0 aromatic rings. The average molecular weight is 279 g/mol. The van der Waals surface area contributed by atoms with Crippen LogP contribution in [0.4, 0.5) is 0 Å². The van der Waals surface area contributed by atoms with Gasteiger partial charge in [0.2, 0.25) is 0 Å². The van der Waals surface area contributed by atoms with E-state index in [0.29, 0.717) is 0 Å². The van der Waals surface area contributed by atoms with Crippen molar-refractivity contribution >= 4 is 15.9 Å². The molecule has 0 atom stereocenters. The molecule has 0 fully saturated rings. The molecule has 0 amide bonds. The van der Waals surface area contributed by atoms with Crippen LogP contribution in [0.2, 0.25) is 0 Å². The molecule has 0 unspecified atom stereocenters. The van der Waals surface area contributed by atoms with Crippen LogP contribution >= 0.6 is 15.9 Å². The number of halogens is 1. The minimum Gasteiger partial charge on any atom is -0.349 e. The highest BCUT2D eigenvalue weighted by molar-refractivity contribution is 9.09. The minimum absolute atomic E-state index is 0.153. The summed E-state index contributed by atoms with van der Waals surface area (Å²) in [7, 11) is 0. The lowest BCUT2D eigenvalue weighted by molar-refractivity contribution is -0.111. The first-order chi connectivity index (χ1) is 7.35. The summed E-state index contributed by atoms with van der Waals surface area (Å²) in [4.78, 5) is 0. The Hall–Kier alpha value is 0.140. The van der Waals surface area contributed by atoms with Crippen LogP contribution < -0.4 is 0 Å². The Morgan fingerprint density at radius 1 is 1.13 bits per heavy atom. The van der Waals surface area contributed by atoms with Crippen molar-refractivity contribution in [3.8, 4) is 0 Å². The molecule has 15 heavy (non-hydrogen) atoms. The molecule has 2 nitrogen and oxygen atoms in total. The zero-order chi connectivity index (χ0) is 11.4. The second kappa shape index (κ2) is 12.2. The lowest BCUT2D eigenvalue weighted by Crippen LogP contribution is -2.15. The molecule has 0 heterocycles. The lowest BCUT2D eigenvalue weighted by atomic mass is 10.3. The summed E-state index contributed by atoms with van der Waals surface area (Å²) >= 11 is 3.40. The van der Waals surface area contributed by atoms with Crippen LogP contribution in [0.5, 0.6) is 0 Å². The number of rotatable bonds is 10. The van der Waals surface area contributed by atoms with E-state index < -0.39 is 0 Å². The first-order valence-corrected chi connectivity index (χ1v) is 6.93. The van der Waals surface area contributed by atoms with Gasteiger partial charge < -0.3 is 9.47 Å². The number of allylic oxidation sites excluding steroid dienone is 1. The molecule has 0 aromatic heterocycles. The highest BCUT2D eigenvalue weighted by Crippen LogP contribution is 2.02. The van der Waals surface area contributed by atoms with Crippen LogP contribution in [-0.4, -0.2) is 24.8 Å². The van der Waals surface area contributed by atoms with Crippen molar-refractivity contribution in [3.05, 3.63) is 12.2 Å². The molecule has 0 aliphatic carbocycles. The van der Waals surface area contributed by atoms with Gasteiger partial charge in [0.05, 0.1) is 0 Å². The van der Waals surface area contributed by atoms with Gasteiger partial charge in [-0.2, -0.15) is 0 Å². The number of unbranched alkanes of at least 4 members (excludes halogenated alkanes) is 1. The molecule has 3 heteroatoms. The van der Waals surface area contributed by atoms with E-state index in [2.05, 4.69) is 35.9 Å². The van der Waals surface area contributed by atoms with Gasteiger partial charge in [-0.3, -0.25) is 0 Å². The van der Waals surface area contributed by atoms with E-state index in [0.717, 1.165) is 44.2 Å². The highest BCUT2D eigenvalue weighted by atomic mass is 79.9. The molecule has 0 aromatic carbocycles. The molecular weight excluding hydrogens is 256 g/mol. The van der Waals surface area contributed by atoms with E-state index in [1.54, 1.807) is 0 Å². The molecule has 0 bridgehead atoms. The van der Waals surface area contributed by atoms with Crippen LogP contribution in [0.15, 0.2) is 12.2 Å². The summed E-state index contributed by atoms with van der Waals surface area (Å²) in [6.07, 6.45) is 8.30. The second-order valence-electron chi connectivity index (χ2n) is 3.37. The van der Waals surface area contributed by atoms with Gasteiger partial charge >= 0.3 is 0 Å². The predicted molar refractivity (Wildman–Crippen MR) is 68.4 cm³/mol. The Morgan fingerprint density at radius 3 is 2.20 bits per heavy atom. The summed E-state index contributed by atoms with van der Waals surface area (Å²) in [5.74, 6) is 0. The van der Waals surface area contributed by atoms with Crippen LogP contribution in [-0.2, 0) is 9.47 Å². The smallest absolute Gasteiger partial charge is 0.176 e. The molecule has 0 spiro atoms. The molecule has 0 radical (unpaired) electrons. The van der Waals surface area contributed by atoms with Crippen molar-refractivity contribution in [2.75, 3.05) is 18.5 Å². The topological polar surface area (TPSA) is 18.5 Å². The van der Waals surface area contributed by atoms with Gasteiger partial charge in [-0.25, -0.2) is 0 Å². The maximum atomic E-state index is 5.55. The predicted octanol–water partition coefficient (Wildman–Crippen LogP) is 3.90. The Kier molecular flexibility index (Phi) is 12.3. The average Bonchev–Trinajstić information content (AvgIpc) is 2.27. The summed E-state index contributed by atoms with van der Waals surface area (Å²) in [6, 6.07) is 0. The van der Waals surface area contributed by atoms with Gasteiger partial charge in [0.1, 0.15) is 0 Å². The second-order valence-corrected chi connectivity index (χ2v) is 4.16. The van der Waals surface area contributed by atoms with Crippen molar-refractivity contribution in [2.45, 2.75) is 45.8 Å². The minimum atomic E-state index is -0.153. The normalized spacial score (nSPS) is 11.7. The van der Waals surface area contributed by atoms with Crippen LogP contribution in [0.25, 0.3) is 0 Å². The largest absolute Gasteiger partial charge is 0.349 e. The lowest BCUT2D eigenvalue weighted by Gasteiger charge is -2.14. The van der Waals surface area contributed by atoms with Gasteiger partial charge in [0.15, 0.2) is 6.29 Å². The number of hydrogen-bond donors (Lipinski definition) is 0. The van der Waals surface area contributed by atoms with Crippen molar-refractivity contribution in [1.82, 2.24) is 0 Å². The highest BCUT2D eigenvalue weighted by Gasteiger charge is 2.02. The maximum absolute atomic E-state index is 5.55. The Labute approximate surface area is 102 Å². The van der Waals surface area contributed by atoms with E-state index in [1.807, 2.05) is 6.08 Å². The molecular formula is C12H23BrO2. The van der Waals surface area contributed by atoms with Gasteiger partial charge in [-0.05, 0) is 31.8 Å². The van der Waals surface area contributed by atoms with Crippen molar-refractivity contribution in [2.24, 2.45) is 0 Å². The van der Waals surface area contributed by atoms with Crippen LogP contribution in [0, 0.1) is 0 Å². The molecule has 0 saturated carbocycles. The molecule has 0 rings (SSSR count). The van der Waals surface area contributed by atoms with Crippen molar-refractivity contribution in [3.63, 3.8) is 0 Å². The third-order valence-corrected chi connectivity index (χ3v) is 2.33. The summed E-state index contributed by atoms with van der Waals surface area (Å²) in [6.45, 7) is 5.73. The zero-order valence-electron chi connectivity index (χ0n) is 9.88. The third kappa shape index (κ3) is 10.4. The maximum Gasteiger partial charge on any atom is 0.176 e. The van der Waals surface area contributed by atoms with E-state index in [9.17, 15) is 0 Å². The van der Waals surface area contributed by atoms with E-state index in [-0.39, 0.29) is 6.29 Å². The standard InChI is InChI=1S/C12H23BrO2/c1-3-10-14-12(15-11-4-2)8-6-5-7-9-13/h6,8,12H,3-5,7,9-11H2,1-2H3/b8-6-. The van der Waals surface area contributed by atoms with Crippen molar-refractivity contribution < 1.29 is 9.47 Å². The Morgan fingerprint density at radius 2 is 1.73 bits per heavy atom. The van der Waals surface area contributed by atoms with Gasteiger partial charge in [0, 0.05) is 18.5 Å². The SMILES string of the molecule is CCCOC(/C=C\CCCBr)OCCC. The van der Waals surface area contributed by atoms with E-state index >= 15 is 0 Å². The van der Waals surface area contributed by atoms with E-state index in [1.165, 1.54) is 0 Å². The van der Waals surface area contributed by atoms with Crippen molar-refractivity contribution in [1.29, 1.82) is 0 Å².